The summed E-state index contributed by atoms with van der Waals surface area (Å²) in [5.74, 6) is 0.429. The summed E-state index contributed by atoms with van der Waals surface area (Å²) >= 11 is 0. The van der Waals surface area contributed by atoms with Gasteiger partial charge in [-0.15, -0.1) is 0 Å². The molecule has 4 aromatic rings. The first-order chi connectivity index (χ1) is 15.0. The predicted molar refractivity (Wildman–Crippen MR) is 106 cm³/mol. The molecular formula is C19H18N6O6. The van der Waals surface area contributed by atoms with Crippen LogP contribution in [0.25, 0.3) is 16.9 Å². The van der Waals surface area contributed by atoms with Gasteiger partial charge in [0.05, 0.1) is 18.1 Å². The molecule has 0 aliphatic carbocycles. The van der Waals surface area contributed by atoms with Crippen LogP contribution in [-0.2, 0) is 22.4 Å². The molecule has 2 atom stereocenters. The molecule has 31 heavy (non-hydrogen) atoms. The maximum Gasteiger partial charge on any atom is 0.287 e. The predicted octanol–water partition coefficient (Wildman–Crippen LogP) is 0.860. The number of aliphatic hydroxyl groups is 1. The molecule has 0 radical (unpaired) electrons. The number of aliphatic hydroxyl groups excluding tert-OH is 1. The average Bonchev–Trinajstić information content (AvgIpc) is 3.51. The highest BCUT2D eigenvalue weighted by molar-refractivity contribution is 5.71. The Labute approximate surface area is 174 Å². The van der Waals surface area contributed by atoms with Crippen LogP contribution >= 0.6 is 0 Å². The van der Waals surface area contributed by atoms with Crippen LogP contribution in [0.1, 0.15) is 12.0 Å². The number of nitro benzene ring substituents is 1. The van der Waals surface area contributed by atoms with Gasteiger partial charge in [0.15, 0.2) is 11.2 Å². The Morgan fingerprint density at radius 2 is 2.06 bits per heavy atom. The summed E-state index contributed by atoms with van der Waals surface area (Å²) < 4.78 is 15.9. The number of rotatable bonds is 6. The third kappa shape index (κ3) is 3.36. The third-order valence-corrected chi connectivity index (χ3v) is 5.22. The fraction of sp³-hybridized carbons (Fsp3) is 0.316. The lowest BCUT2D eigenvalue weighted by Crippen LogP contribution is -2.18. The Bertz CT molecular complexity index is 1320. The molecule has 12 heteroatoms. The van der Waals surface area contributed by atoms with Crippen LogP contribution in [0.5, 0.6) is 0 Å². The molecule has 1 aliphatic heterocycles. The number of imidazole rings is 2. The molecule has 2 unspecified atom stereocenters. The van der Waals surface area contributed by atoms with Crippen molar-refractivity contribution in [3.63, 3.8) is 0 Å². The number of nitrogens with zero attached hydrogens (tertiary/aromatic N) is 6. The van der Waals surface area contributed by atoms with Crippen molar-refractivity contribution in [2.45, 2.75) is 25.5 Å². The third-order valence-electron chi connectivity index (χ3n) is 5.22. The van der Waals surface area contributed by atoms with Gasteiger partial charge in [-0.05, 0) is 12.0 Å². The van der Waals surface area contributed by atoms with E-state index in [1.54, 1.807) is 24.5 Å². The van der Waals surface area contributed by atoms with Crippen molar-refractivity contribution in [2.75, 3.05) is 13.2 Å². The number of aryl methyl sites for hydroxylation is 2. The summed E-state index contributed by atoms with van der Waals surface area (Å²) in [6.45, 7) is 0.575. The van der Waals surface area contributed by atoms with E-state index >= 15 is 0 Å². The normalized spacial score (nSPS) is 18.9. The quantitative estimate of drug-likeness (QED) is 0.354. The van der Waals surface area contributed by atoms with Gasteiger partial charge < -0.3 is 19.1 Å². The van der Waals surface area contributed by atoms with E-state index in [0.29, 0.717) is 24.4 Å². The zero-order chi connectivity index (χ0) is 21.5. The highest BCUT2D eigenvalue weighted by Crippen LogP contribution is 2.24. The Balaban J connectivity index is 1.46. The fourth-order valence-corrected chi connectivity index (χ4v) is 3.56. The van der Waals surface area contributed by atoms with E-state index in [0.717, 1.165) is 5.56 Å². The minimum absolute atomic E-state index is 0.0406. The van der Waals surface area contributed by atoms with Crippen molar-refractivity contribution in [3.8, 4) is 0 Å². The highest BCUT2D eigenvalue weighted by Gasteiger charge is 2.29. The molecule has 0 amide bonds. The summed E-state index contributed by atoms with van der Waals surface area (Å²) in [5, 5.41) is 20.1. The van der Waals surface area contributed by atoms with Crippen molar-refractivity contribution in [1.29, 1.82) is 0 Å². The number of fused-ring (bicyclic) bond motifs is 2. The molecular weight excluding hydrogens is 408 g/mol. The van der Waals surface area contributed by atoms with E-state index < -0.39 is 17.4 Å². The van der Waals surface area contributed by atoms with Crippen LogP contribution in [0.2, 0.25) is 0 Å². The second-order valence-electron chi connectivity index (χ2n) is 7.16. The molecule has 1 aromatic carbocycles. The van der Waals surface area contributed by atoms with Gasteiger partial charge in [0, 0.05) is 31.1 Å². The number of nitro groups is 1. The van der Waals surface area contributed by atoms with Gasteiger partial charge in [-0.3, -0.25) is 19.5 Å². The summed E-state index contributed by atoms with van der Waals surface area (Å²) in [5.41, 5.74) is 1.16. The minimum atomic E-state index is -0.819. The number of aromatic nitrogens is 5. The monoisotopic (exact) mass is 426 g/mol. The van der Waals surface area contributed by atoms with Crippen LogP contribution < -0.4 is 5.56 Å². The van der Waals surface area contributed by atoms with Gasteiger partial charge in [-0.2, -0.15) is 4.98 Å². The smallest absolute Gasteiger partial charge is 0.287 e. The molecule has 5 rings (SSSR count). The Morgan fingerprint density at radius 1 is 1.26 bits per heavy atom. The van der Waals surface area contributed by atoms with Gasteiger partial charge in [-0.1, -0.05) is 12.1 Å². The van der Waals surface area contributed by atoms with Gasteiger partial charge in [0.2, 0.25) is 12.2 Å². The van der Waals surface area contributed by atoms with E-state index in [9.17, 15) is 20.0 Å². The second-order valence-corrected chi connectivity index (χ2v) is 7.16. The van der Waals surface area contributed by atoms with Crippen molar-refractivity contribution >= 4 is 22.6 Å². The van der Waals surface area contributed by atoms with Crippen LogP contribution in [0, 0.1) is 10.1 Å². The van der Waals surface area contributed by atoms with Gasteiger partial charge >= 0.3 is 0 Å². The largest absolute Gasteiger partial charge is 0.394 e. The van der Waals surface area contributed by atoms with Crippen molar-refractivity contribution in [1.82, 2.24) is 23.5 Å². The average molecular weight is 426 g/mol. The lowest BCUT2D eigenvalue weighted by molar-refractivity contribution is -0.384. The number of ether oxygens (including phenoxy) is 2. The molecule has 0 spiro atoms. The Morgan fingerprint density at radius 3 is 2.77 bits per heavy atom. The molecule has 0 saturated carbocycles. The first kappa shape index (κ1) is 19.4. The first-order valence-electron chi connectivity index (χ1n) is 9.60. The van der Waals surface area contributed by atoms with Gasteiger partial charge in [-0.25, -0.2) is 9.38 Å². The van der Waals surface area contributed by atoms with Crippen molar-refractivity contribution in [2.24, 2.45) is 0 Å². The SMILES string of the molecule is O=c1c2ncn(C3OCC(CO)O3)c2nc2n(CCc3ccc([N+](=O)[O-])cc3)ccn12. The lowest BCUT2D eigenvalue weighted by atomic mass is 10.1. The molecule has 160 valence electrons. The minimum Gasteiger partial charge on any atom is -0.394 e. The van der Waals surface area contributed by atoms with E-state index in [1.807, 2.05) is 4.57 Å². The summed E-state index contributed by atoms with van der Waals surface area (Å²) in [6, 6.07) is 6.36. The number of non-ortho nitro benzene ring substituents is 1. The Hall–Kier alpha value is -3.61. The summed E-state index contributed by atoms with van der Waals surface area (Å²) in [6.07, 6.45) is 4.15. The Kier molecular flexibility index (Phi) is 4.73. The zero-order valence-electron chi connectivity index (χ0n) is 16.2. The van der Waals surface area contributed by atoms with Crippen molar-refractivity contribution in [3.05, 3.63) is 69.0 Å². The molecule has 1 aliphatic rings. The first-order valence-corrected chi connectivity index (χ1v) is 9.60. The number of benzene rings is 1. The summed E-state index contributed by atoms with van der Waals surface area (Å²) in [4.78, 5) is 32.0. The molecule has 4 heterocycles. The van der Waals surface area contributed by atoms with Crippen LogP contribution in [0.15, 0.2) is 47.8 Å². The van der Waals surface area contributed by atoms with Crippen LogP contribution in [-0.4, -0.2) is 52.9 Å². The topological polar surface area (TPSA) is 139 Å². The fourth-order valence-electron chi connectivity index (χ4n) is 3.56. The lowest BCUT2D eigenvalue weighted by Gasteiger charge is -2.12. The van der Waals surface area contributed by atoms with E-state index in [1.165, 1.54) is 27.4 Å². The molecule has 3 aromatic heterocycles. The highest BCUT2D eigenvalue weighted by atomic mass is 16.7. The molecule has 12 nitrogen and oxygen atoms in total. The maximum atomic E-state index is 12.9. The van der Waals surface area contributed by atoms with Gasteiger partial charge in [0.25, 0.3) is 11.2 Å². The maximum absolute atomic E-state index is 12.9. The number of hydrogen-bond acceptors (Lipinski definition) is 8. The van der Waals surface area contributed by atoms with Crippen LogP contribution in [0.3, 0.4) is 0 Å². The second kappa shape index (κ2) is 7.58. The van der Waals surface area contributed by atoms with E-state index in [2.05, 4.69) is 9.97 Å². The zero-order valence-corrected chi connectivity index (χ0v) is 16.2. The van der Waals surface area contributed by atoms with Crippen molar-refractivity contribution < 1.29 is 19.5 Å². The molecule has 1 saturated heterocycles. The van der Waals surface area contributed by atoms with Gasteiger partial charge in [0.1, 0.15) is 12.4 Å². The number of hydrogen-bond donors (Lipinski definition) is 1. The standard InChI is InChI=1S/C19H18N6O6/c26-9-14-10-30-19(31-14)24-11-20-15-16(24)21-18-22(7-8-23(18)17(15)27)6-5-12-1-3-13(4-2-12)25(28)29/h1-4,7-8,11,14,19,26H,5-6,9-10H2. The van der Waals surface area contributed by atoms with E-state index in [4.69, 9.17) is 9.47 Å². The molecule has 1 fully saturated rings. The molecule has 0 bridgehead atoms. The molecule has 1 N–H and O–H groups in total. The summed E-state index contributed by atoms with van der Waals surface area (Å²) in [7, 11) is 0. The van der Waals surface area contributed by atoms with Crippen LogP contribution in [0.4, 0.5) is 5.69 Å². The van der Waals surface area contributed by atoms with E-state index in [-0.39, 0.29) is 30.0 Å².